The molecule has 3 nitrogen and oxygen atoms in total. The lowest BCUT2D eigenvalue weighted by molar-refractivity contribution is 0.656. The fourth-order valence-corrected chi connectivity index (χ4v) is 7.45. The van der Waals surface area contributed by atoms with Crippen LogP contribution in [0, 0.1) is 0 Å². The maximum Gasteiger partial charge on any atom is 0.227 e. The van der Waals surface area contributed by atoms with Crippen molar-refractivity contribution in [2.24, 2.45) is 0 Å². The van der Waals surface area contributed by atoms with E-state index in [-0.39, 0.29) is 0 Å². The average Bonchev–Trinajstić information content (AvgIpc) is 3.55. The Morgan fingerprint density at radius 1 is 0.400 bits per heavy atom. The normalized spacial score (nSPS) is 11.6. The highest BCUT2D eigenvalue weighted by Gasteiger charge is 2.21. The van der Waals surface area contributed by atoms with Crippen molar-refractivity contribution in [1.29, 1.82) is 0 Å². The van der Waals surface area contributed by atoms with Crippen molar-refractivity contribution < 1.29 is 4.42 Å². The van der Waals surface area contributed by atoms with E-state index in [1.165, 1.54) is 38.2 Å². The van der Waals surface area contributed by atoms with E-state index < -0.39 is 0 Å². The second-order valence-electron chi connectivity index (χ2n) is 12.8. The van der Waals surface area contributed by atoms with Gasteiger partial charge in [-0.3, -0.25) is 0 Å². The van der Waals surface area contributed by atoms with Gasteiger partial charge in [-0.25, -0.2) is 4.98 Å². The summed E-state index contributed by atoms with van der Waals surface area (Å²) in [6.45, 7) is 0. The summed E-state index contributed by atoms with van der Waals surface area (Å²) in [6, 6.07) is 64.8. The van der Waals surface area contributed by atoms with E-state index in [4.69, 9.17) is 9.40 Å². The minimum absolute atomic E-state index is 0.651. The number of benzene rings is 8. The Morgan fingerprint density at radius 3 is 1.96 bits per heavy atom. The van der Waals surface area contributed by atoms with E-state index in [0.717, 1.165) is 49.9 Å². The smallest absolute Gasteiger partial charge is 0.227 e. The number of rotatable bonds is 5. The molecule has 0 amide bonds. The third-order valence-electron chi connectivity index (χ3n) is 9.86. The molecule has 8 aromatic carbocycles. The maximum atomic E-state index is 6.21. The molecule has 0 N–H and O–H groups in total. The molecular formula is C47H30N2O. The van der Waals surface area contributed by atoms with Crippen LogP contribution in [0.2, 0.25) is 0 Å². The predicted molar refractivity (Wildman–Crippen MR) is 210 cm³/mol. The lowest BCUT2D eigenvalue weighted by Crippen LogP contribution is -2.12. The lowest BCUT2D eigenvalue weighted by atomic mass is 9.95. The van der Waals surface area contributed by atoms with Crippen molar-refractivity contribution in [2.75, 3.05) is 4.90 Å². The van der Waals surface area contributed by atoms with Crippen LogP contribution in [0.1, 0.15) is 0 Å². The molecule has 10 rings (SSSR count). The largest absolute Gasteiger partial charge is 0.438 e. The highest BCUT2D eigenvalue weighted by atomic mass is 16.3. The number of fused-ring (bicyclic) bond motifs is 6. The molecule has 0 spiro atoms. The Labute approximate surface area is 289 Å². The molecule has 0 saturated carbocycles. The number of furan rings is 1. The second kappa shape index (κ2) is 11.5. The zero-order chi connectivity index (χ0) is 33.0. The molecule has 234 valence electrons. The second-order valence-corrected chi connectivity index (χ2v) is 12.8. The average molecular weight is 639 g/mol. The Kier molecular flexibility index (Phi) is 6.49. The van der Waals surface area contributed by atoms with Gasteiger partial charge in [0.2, 0.25) is 5.71 Å². The summed E-state index contributed by atoms with van der Waals surface area (Å²) in [6.07, 6.45) is 0. The third-order valence-corrected chi connectivity index (χ3v) is 9.86. The van der Waals surface area contributed by atoms with Crippen LogP contribution in [0.5, 0.6) is 0 Å². The van der Waals surface area contributed by atoms with Gasteiger partial charge in [-0.15, -0.1) is 0 Å². The monoisotopic (exact) mass is 638 g/mol. The van der Waals surface area contributed by atoms with Crippen molar-refractivity contribution in [3.8, 4) is 22.3 Å². The number of para-hydroxylation sites is 2. The molecule has 0 atom stereocenters. The molecule has 50 heavy (non-hydrogen) atoms. The van der Waals surface area contributed by atoms with Crippen molar-refractivity contribution >= 4 is 71.6 Å². The van der Waals surface area contributed by atoms with Crippen LogP contribution in [-0.4, -0.2) is 4.98 Å². The Bertz CT molecular complexity index is 2880. The van der Waals surface area contributed by atoms with Crippen LogP contribution in [0.4, 0.5) is 17.1 Å². The van der Waals surface area contributed by atoms with Crippen molar-refractivity contribution in [3.63, 3.8) is 0 Å². The van der Waals surface area contributed by atoms with E-state index in [2.05, 4.69) is 175 Å². The molecule has 0 fully saturated rings. The van der Waals surface area contributed by atoms with Gasteiger partial charge in [0.05, 0.1) is 16.9 Å². The number of pyridine rings is 1. The zero-order valence-electron chi connectivity index (χ0n) is 27.1. The predicted octanol–water partition coefficient (Wildman–Crippen LogP) is 13.2. The van der Waals surface area contributed by atoms with Crippen molar-refractivity contribution in [3.05, 3.63) is 182 Å². The summed E-state index contributed by atoms with van der Waals surface area (Å²) in [4.78, 5) is 7.44. The molecule has 0 aliphatic rings. The van der Waals surface area contributed by atoms with Gasteiger partial charge in [0.25, 0.3) is 0 Å². The first-order chi connectivity index (χ1) is 24.8. The molecule has 0 bridgehead atoms. The molecule has 0 radical (unpaired) electrons. The van der Waals surface area contributed by atoms with E-state index in [1.807, 2.05) is 12.1 Å². The molecular weight excluding hydrogens is 609 g/mol. The number of hydrogen-bond donors (Lipinski definition) is 0. The lowest BCUT2D eigenvalue weighted by Gasteiger charge is -2.29. The first-order valence-electron chi connectivity index (χ1n) is 17.0. The highest BCUT2D eigenvalue weighted by Crippen LogP contribution is 2.45. The minimum Gasteiger partial charge on any atom is -0.438 e. The van der Waals surface area contributed by atoms with Crippen LogP contribution >= 0.6 is 0 Å². The maximum absolute atomic E-state index is 6.21. The molecule has 0 aliphatic heterocycles. The fraction of sp³-hybridized carbons (Fsp3) is 0. The SMILES string of the molecule is c1ccc(N(c2ccc(-c3ccc4ccccc4c3)cc2)c2cccc3nc4oc5ccccc5c4cc23)c(-c2cccc3ccccc23)c1. The molecule has 10 aromatic rings. The summed E-state index contributed by atoms with van der Waals surface area (Å²) >= 11 is 0. The van der Waals surface area contributed by atoms with Crippen LogP contribution in [-0.2, 0) is 0 Å². The van der Waals surface area contributed by atoms with Gasteiger partial charge >= 0.3 is 0 Å². The summed E-state index contributed by atoms with van der Waals surface area (Å²) < 4.78 is 6.21. The van der Waals surface area contributed by atoms with Crippen molar-refractivity contribution in [1.82, 2.24) is 4.98 Å². The Hall–Kier alpha value is -6.71. The number of aromatic nitrogens is 1. The Balaban J connectivity index is 1.21. The van der Waals surface area contributed by atoms with Gasteiger partial charge in [-0.2, -0.15) is 0 Å². The number of anilines is 3. The van der Waals surface area contributed by atoms with Gasteiger partial charge in [-0.05, 0) is 86.8 Å². The van der Waals surface area contributed by atoms with Crippen LogP contribution < -0.4 is 4.90 Å². The minimum atomic E-state index is 0.651. The van der Waals surface area contributed by atoms with Gasteiger partial charge < -0.3 is 9.32 Å². The van der Waals surface area contributed by atoms with Gasteiger partial charge in [-0.1, -0.05) is 133 Å². The van der Waals surface area contributed by atoms with Crippen LogP contribution in [0.3, 0.4) is 0 Å². The third kappa shape index (κ3) is 4.63. The van der Waals surface area contributed by atoms with Gasteiger partial charge in [0.15, 0.2) is 0 Å². The first kappa shape index (κ1) is 28.3. The van der Waals surface area contributed by atoms with Crippen LogP contribution in [0.25, 0.3) is 76.8 Å². The number of hydrogen-bond acceptors (Lipinski definition) is 3. The zero-order valence-corrected chi connectivity index (χ0v) is 27.1. The van der Waals surface area contributed by atoms with E-state index >= 15 is 0 Å². The van der Waals surface area contributed by atoms with E-state index in [1.54, 1.807) is 0 Å². The standard InChI is InChI=1S/C47H30N2O/c1-2-13-34-29-35(24-23-31(34)11-1)32-25-27-36(28-26-32)49(44-20-7-5-16-39(44)38-18-9-14-33-12-3-4-15-37(33)38)45-21-10-19-43-42(45)30-41-40-17-6-8-22-46(40)50-47(41)48-43/h1-30H. The molecule has 0 saturated heterocycles. The molecule has 0 unspecified atom stereocenters. The molecule has 0 aliphatic carbocycles. The van der Waals surface area contributed by atoms with Gasteiger partial charge in [0, 0.05) is 27.4 Å². The van der Waals surface area contributed by atoms with Crippen molar-refractivity contribution in [2.45, 2.75) is 0 Å². The molecule has 3 heteroatoms. The van der Waals surface area contributed by atoms with Crippen LogP contribution in [0.15, 0.2) is 186 Å². The van der Waals surface area contributed by atoms with Gasteiger partial charge in [0.1, 0.15) is 5.58 Å². The summed E-state index contributed by atoms with van der Waals surface area (Å²) in [7, 11) is 0. The summed E-state index contributed by atoms with van der Waals surface area (Å²) in [5.41, 5.74) is 10.3. The molecule has 2 aromatic heterocycles. The Morgan fingerprint density at radius 2 is 1.06 bits per heavy atom. The molecule has 2 heterocycles. The first-order valence-corrected chi connectivity index (χ1v) is 17.0. The number of nitrogens with zero attached hydrogens (tertiary/aromatic N) is 2. The van der Waals surface area contributed by atoms with E-state index in [0.29, 0.717) is 5.71 Å². The summed E-state index contributed by atoms with van der Waals surface area (Å²) in [5, 5.41) is 8.05. The topological polar surface area (TPSA) is 29.3 Å². The fourth-order valence-electron chi connectivity index (χ4n) is 7.45. The highest BCUT2D eigenvalue weighted by molar-refractivity contribution is 6.11. The van der Waals surface area contributed by atoms with E-state index in [9.17, 15) is 0 Å². The summed E-state index contributed by atoms with van der Waals surface area (Å²) in [5.74, 6) is 0. The quantitative estimate of drug-likeness (QED) is 0.188.